The molecule has 2 unspecified atom stereocenters. The quantitative estimate of drug-likeness (QED) is 0.607. The molecule has 1 amide bonds. The lowest BCUT2D eigenvalue weighted by Gasteiger charge is -2.32. The predicted octanol–water partition coefficient (Wildman–Crippen LogP) is 4.47. The number of piperidine rings is 1. The zero-order chi connectivity index (χ0) is 23.3. The lowest BCUT2D eigenvalue weighted by molar-refractivity contribution is -0.126. The summed E-state index contributed by atoms with van der Waals surface area (Å²) in [5.41, 5.74) is 2.71. The van der Waals surface area contributed by atoms with Crippen LogP contribution in [0.3, 0.4) is 0 Å². The number of hydrogen-bond acceptors (Lipinski definition) is 4. The maximum atomic E-state index is 13.0. The van der Waals surface area contributed by atoms with Gasteiger partial charge >= 0.3 is 0 Å². The number of carbonyl (C=O) groups is 1. The Morgan fingerprint density at radius 2 is 1.97 bits per heavy atom. The third-order valence-corrected chi connectivity index (χ3v) is 8.03. The van der Waals surface area contributed by atoms with Gasteiger partial charge in [0.15, 0.2) is 0 Å². The minimum absolute atomic E-state index is 0.0960. The summed E-state index contributed by atoms with van der Waals surface area (Å²) in [5.74, 6) is 0.249. The zero-order valence-corrected chi connectivity index (χ0v) is 20.4. The minimum atomic E-state index is -3.52. The largest absolute Gasteiger partial charge is 0.496 e. The molecule has 6 nitrogen and oxygen atoms in total. The highest BCUT2D eigenvalue weighted by Crippen LogP contribution is 2.26. The Morgan fingerprint density at radius 1 is 1.25 bits per heavy atom. The van der Waals surface area contributed by atoms with Gasteiger partial charge in [0.2, 0.25) is 15.9 Å². The number of carbonyl (C=O) groups excluding carboxylic acids is 1. The first kappa shape index (κ1) is 24.6. The molecule has 0 radical (unpaired) electrons. The van der Waals surface area contributed by atoms with E-state index in [-0.39, 0.29) is 30.2 Å². The van der Waals surface area contributed by atoms with Gasteiger partial charge in [-0.2, -0.15) is 0 Å². The van der Waals surface area contributed by atoms with Gasteiger partial charge in [0, 0.05) is 18.1 Å². The van der Waals surface area contributed by atoms with Crippen LogP contribution < -0.4 is 10.1 Å². The molecule has 1 fully saturated rings. The maximum absolute atomic E-state index is 13.0. The summed E-state index contributed by atoms with van der Waals surface area (Å²) in [6, 6.07) is 12.6. The third kappa shape index (κ3) is 6.03. The van der Waals surface area contributed by atoms with Crippen molar-refractivity contribution < 1.29 is 17.9 Å². The van der Waals surface area contributed by atoms with Crippen molar-refractivity contribution in [3.05, 3.63) is 64.2 Å². The van der Waals surface area contributed by atoms with Gasteiger partial charge in [-0.3, -0.25) is 4.79 Å². The molecule has 0 saturated carbocycles. The van der Waals surface area contributed by atoms with Crippen LogP contribution in [0.25, 0.3) is 0 Å². The fourth-order valence-electron chi connectivity index (χ4n) is 4.12. The fourth-order valence-corrected chi connectivity index (χ4v) is 5.86. The lowest BCUT2D eigenvalue weighted by Crippen LogP contribution is -2.46. The van der Waals surface area contributed by atoms with E-state index < -0.39 is 10.0 Å². The molecule has 0 spiro atoms. The van der Waals surface area contributed by atoms with Crippen LogP contribution in [0.15, 0.2) is 42.5 Å². The van der Waals surface area contributed by atoms with E-state index in [1.54, 1.807) is 31.4 Å². The van der Waals surface area contributed by atoms with Gasteiger partial charge in [-0.15, -0.1) is 0 Å². The number of methoxy groups -OCH3 is 1. The number of rotatable bonds is 8. The summed E-state index contributed by atoms with van der Waals surface area (Å²) in [6.45, 7) is 4.64. The molecule has 0 aromatic heterocycles. The first-order chi connectivity index (χ1) is 15.2. The minimum Gasteiger partial charge on any atom is -0.496 e. The SMILES string of the molecule is CCC(NC(=O)C1CCCN(S(=O)(=O)Cc2ccc(Cl)cc2)C1)c1ccc(OC)c(C)c1. The Morgan fingerprint density at radius 3 is 2.59 bits per heavy atom. The first-order valence-corrected chi connectivity index (χ1v) is 12.9. The second-order valence-electron chi connectivity index (χ2n) is 8.28. The Kier molecular flexibility index (Phi) is 8.20. The number of nitrogens with one attached hydrogen (secondary N) is 1. The van der Waals surface area contributed by atoms with E-state index in [2.05, 4.69) is 5.32 Å². The second kappa shape index (κ2) is 10.7. The van der Waals surface area contributed by atoms with Crippen molar-refractivity contribution in [1.82, 2.24) is 9.62 Å². The van der Waals surface area contributed by atoms with E-state index in [9.17, 15) is 13.2 Å². The van der Waals surface area contributed by atoms with E-state index in [0.717, 1.165) is 23.3 Å². The van der Waals surface area contributed by atoms with Crippen LogP contribution >= 0.6 is 11.6 Å². The average molecular weight is 479 g/mol. The van der Waals surface area contributed by atoms with Crippen molar-refractivity contribution in [3.8, 4) is 5.75 Å². The topological polar surface area (TPSA) is 75.7 Å². The van der Waals surface area contributed by atoms with Crippen LogP contribution in [0.2, 0.25) is 5.02 Å². The molecule has 1 aliphatic rings. The average Bonchev–Trinajstić information content (AvgIpc) is 2.78. The summed E-state index contributed by atoms with van der Waals surface area (Å²) in [4.78, 5) is 13.0. The summed E-state index contributed by atoms with van der Waals surface area (Å²) in [7, 11) is -1.88. The summed E-state index contributed by atoms with van der Waals surface area (Å²) < 4.78 is 32.7. The molecule has 3 rings (SSSR count). The molecule has 1 heterocycles. The van der Waals surface area contributed by atoms with Crippen molar-refractivity contribution in [3.63, 3.8) is 0 Å². The Hall–Kier alpha value is -2.09. The van der Waals surface area contributed by atoms with E-state index in [4.69, 9.17) is 16.3 Å². The zero-order valence-electron chi connectivity index (χ0n) is 18.8. The van der Waals surface area contributed by atoms with Crippen LogP contribution in [0.4, 0.5) is 0 Å². The van der Waals surface area contributed by atoms with Crippen molar-refractivity contribution in [2.24, 2.45) is 5.92 Å². The summed E-state index contributed by atoms with van der Waals surface area (Å²) in [5, 5.41) is 3.70. The number of nitrogens with zero attached hydrogens (tertiary/aromatic N) is 1. The van der Waals surface area contributed by atoms with E-state index in [1.165, 1.54) is 4.31 Å². The number of amides is 1. The molecule has 8 heteroatoms. The molecule has 32 heavy (non-hydrogen) atoms. The predicted molar refractivity (Wildman–Crippen MR) is 127 cm³/mol. The van der Waals surface area contributed by atoms with Gasteiger partial charge in [-0.25, -0.2) is 12.7 Å². The molecule has 1 aliphatic heterocycles. The van der Waals surface area contributed by atoms with Crippen LogP contribution in [0, 0.1) is 12.8 Å². The Labute approximate surface area is 196 Å². The number of ether oxygens (including phenoxy) is 1. The van der Waals surface area contributed by atoms with Gasteiger partial charge in [-0.1, -0.05) is 42.8 Å². The van der Waals surface area contributed by atoms with Gasteiger partial charge in [0.25, 0.3) is 0 Å². The second-order valence-corrected chi connectivity index (χ2v) is 10.7. The fraction of sp³-hybridized carbons (Fsp3) is 0.458. The normalized spacial score (nSPS) is 18.2. The molecule has 1 saturated heterocycles. The van der Waals surface area contributed by atoms with Crippen LogP contribution in [-0.4, -0.2) is 38.8 Å². The molecule has 2 aromatic carbocycles. The van der Waals surface area contributed by atoms with E-state index >= 15 is 0 Å². The van der Waals surface area contributed by atoms with Crippen molar-refractivity contribution in [1.29, 1.82) is 0 Å². The molecular formula is C24H31ClN2O4S. The van der Waals surface area contributed by atoms with Crippen LogP contribution in [-0.2, 0) is 20.6 Å². The number of benzene rings is 2. The third-order valence-electron chi connectivity index (χ3n) is 5.96. The summed E-state index contributed by atoms with van der Waals surface area (Å²) >= 11 is 5.90. The van der Waals surface area contributed by atoms with Crippen molar-refractivity contribution >= 4 is 27.5 Å². The number of hydrogen-bond donors (Lipinski definition) is 1. The van der Waals surface area contributed by atoms with Gasteiger partial charge in [0.05, 0.1) is 24.8 Å². The van der Waals surface area contributed by atoms with Crippen LogP contribution in [0.5, 0.6) is 5.75 Å². The lowest BCUT2D eigenvalue weighted by atomic mass is 9.96. The first-order valence-electron chi connectivity index (χ1n) is 10.9. The monoisotopic (exact) mass is 478 g/mol. The molecule has 2 aromatic rings. The highest BCUT2D eigenvalue weighted by molar-refractivity contribution is 7.88. The van der Waals surface area contributed by atoms with Crippen molar-refractivity contribution in [2.75, 3.05) is 20.2 Å². The number of halogens is 1. The van der Waals surface area contributed by atoms with Crippen LogP contribution in [0.1, 0.15) is 48.9 Å². The molecule has 0 aliphatic carbocycles. The van der Waals surface area contributed by atoms with E-state index in [1.807, 2.05) is 32.0 Å². The molecule has 2 atom stereocenters. The van der Waals surface area contributed by atoms with Gasteiger partial charge in [0.1, 0.15) is 5.75 Å². The highest BCUT2D eigenvalue weighted by Gasteiger charge is 2.33. The Balaban J connectivity index is 1.66. The molecule has 1 N–H and O–H groups in total. The summed E-state index contributed by atoms with van der Waals surface area (Å²) in [6.07, 6.45) is 2.08. The van der Waals surface area contributed by atoms with Gasteiger partial charge < -0.3 is 10.1 Å². The van der Waals surface area contributed by atoms with Gasteiger partial charge in [-0.05, 0) is 61.1 Å². The molecule has 0 bridgehead atoms. The van der Waals surface area contributed by atoms with E-state index in [0.29, 0.717) is 30.0 Å². The Bertz CT molecular complexity index is 1040. The smallest absolute Gasteiger partial charge is 0.224 e. The standard InChI is InChI=1S/C24H31ClN2O4S/c1-4-22(19-9-12-23(31-3)17(2)14-19)26-24(28)20-6-5-13-27(15-20)32(29,30)16-18-7-10-21(25)11-8-18/h7-12,14,20,22H,4-6,13,15-16H2,1-3H3,(H,26,28). The number of sulfonamides is 1. The number of aryl methyl sites for hydroxylation is 1. The van der Waals surface area contributed by atoms with Crippen molar-refractivity contribution in [2.45, 2.75) is 44.9 Å². The molecular weight excluding hydrogens is 448 g/mol. The molecule has 174 valence electrons. The maximum Gasteiger partial charge on any atom is 0.224 e. The highest BCUT2D eigenvalue weighted by atomic mass is 35.5.